The first-order valence-corrected chi connectivity index (χ1v) is 7.33. The molecule has 2 aromatic rings. The lowest BCUT2D eigenvalue weighted by Crippen LogP contribution is -2.15. The van der Waals surface area contributed by atoms with Crippen LogP contribution in [0, 0.1) is 0 Å². The number of benzene rings is 2. The predicted molar refractivity (Wildman–Crippen MR) is 86.4 cm³/mol. The highest BCUT2D eigenvalue weighted by Gasteiger charge is 2.22. The molecule has 0 atom stereocenters. The van der Waals surface area contributed by atoms with Gasteiger partial charge in [-0.05, 0) is 36.5 Å². The van der Waals surface area contributed by atoms with Crippen molar-refractivity contribution in [3.63, 3.8) is 0 Å². The van der Waals surface area contributed by atoms with E-state index in [0.29, 0.717) is 5.75 Å². The normalized spacial score (nSPS) is 12.1. The molecule has 112 valence electrons. The van der Waals surface area contributed by atoms with Crippen LogP contribution >= 0.6 is 0 Å². The first-order valence-electron chi connectivity index (χ1n) is 7.33. The van der Waals surface area contributed by atoms with Gasteiger partial charge < -0.3 is 10.5 Å². The zero-order valence-corrected chi connectivity index (χ0v) is 12.7. The van der Waals surface area contributed by atoms with Crippen molar-refractivity contribution in [1.82, 2.24) is 0 Å². The highest BCUT2D eigenvalue weighted by atomic mass is 16.5. The van der Waals surface area contributed by atoms with Crippen LogP contribution in [-0.4, -0.2) is 6.09 Å². The maximum Gasteiger partial charge on any atom is 0.409 e. The van der Waals surface area contributed by atoms with Gasteiger partial charge in [0.2, 0.25) is 0 Å². The van der Waals surface area contributed by atoms with Crippen LogP contribution < -0.4 is 10.5 Å². The number of carbonyl (C=O) groups is 1. The van der Waals surface area contributed by atoms with Crippen molar-refractivity contribution >= 4 is 6.09 Å². The Morgan fingerprint density at radius 3 is 1.86 bits per heavy atom. The molecule has 1 fully saturated rings. The summed E-state index contributed by atoms with van der Waals surface area (Å²) >= 11 is 0. The molecule has 1 aliphatic carbocycles. The summed E-state index contributed by atoms with van der Waals surface area (Å²) in [7, 11) is 0. The number of amides is 1. The molecule has 1 saturated carbocycles. The Hall–Kier alpha value is -2.29. The van der Waals surface area contributed by atoms with E-state index in [4.69, 9.17) is 5.73 Å². The van der Waals surface area contributed by atoms with Crippen molar-refractivity contribution in [2.45, 2.75) is 32.6 Å². The third-order valence-electron chi connectivity index (χ3n) is 2.81. The van der Waals surface area contributed by atoms with E-state index in [2.05, 4.69) is 35.1 Å². The van der Waals surface area contributed by atoms with Crippen molar-refractivity contribution in [3.8, 4) is 5.75 Å². The Morgan fingerprint density at radius 2 is 1.43 bits per heavy atom. The molecule has 0 radical (unpaired) electrons. The Bertz CT molecular complexity index is 507. The highest BCUT2D eigenvalue weighted by molar-refractivity contribution is 5.67. The van der Waals surface area contributed by atoms with Gasteiger partial charge in [-0.1, -0.05) is 62.4 Å². The van der Waals surface area contributed by atoms with Crippen LogP contribution in [0.15, 0.2) is 60.7 Å². The van der Waals surface area contributed by atoms with Crippen molar-refractivity contribution in [2.24, 2.45) is 5.73 Å². The number of carbonyl (C=O) groups excluding carboxylic acids is 1. The SMILES string of the molecule is CC.NC(=O)Oc1ccccc1.c1ccc(C2CC2)cc1. The molecule has 0 bridgehead atoms. The smallest absolute Gasteiger partial charge is 0.409 e. The largest absolute Gasteiger partial charge is 0.411 e. The molecule has 0 aliphatic heterocycles. The molecule has 2 aromatic carbocycles. The Labute approximate surface area is 126 Å². The van der Waals surface area contributed by atoms with Crippen LogP contribution in [-0.2, 0) is 0 Å². The van der Waals surface area contributed by atoms with Gasteiger partial charge in [-0.2, -0.15) is 0 Å². The fourth-order valence-corrected chi connectivity index (χ4v) is 1.75. The minimum absolute atomic E-state index is 0.468. The second-order valence-electron chi connectivity index (χ2n) is 4.42. The molecule has 0 spiro atoms. The van der Waals surface area contributed by atoms with Gasteiger partial charge in [0, 0.05) is 0 Å². The average molecular weight is 285 g/mol. The lowest BCUT2D eigenvalue weighted by atomic mass is 10.1. The Balaban J connectivity index is 0.000000188. The predicted octanol–water partition coefficient (Wildman–Crippen LogP) is 4.73. The molecule has 3 rings (SSSR count). The third-order valence-corrected chi connectivity index (χ3v) is 2.81. The molecular formula is C18H23NO2. The second-order valence-corrected chi connectivity index (χ2v) is 4.42. The van der Waals surface area contributed by atoms with Crippen LogP contribution in [0.25, 0.3) is 0 Å². The molecule has 1 aliphatic rings. The number of nitrogens with two attached hydrogens (primary N) is 1. The summed E-state index contributed by atoms with van der Waals surface area (Å²) in [5.41, 5.74) is 6.29. The number of para-hydroxylation sites is 1. The molecule has 0 aromatic heterocycles. The number of ether oxygens (including phenoxy) is 1. The molecule has 3 heteroatoms. The monoisotopic (exact) mass is 285 g/mol. The molecule has 0 saturated heterocycles. The molecule has 21 heavy (non-hydrogen) atoms. The lowest BCUT2D eigenvalue weighted by molar-refractivity contribution is 0.211. The summed E-state index contributed by atoms with van der Waals surface area (Å²) in [6, 6.07) is 19.4. The first-order chi connectivity index (χ1) is 10.3. The van der Waals surface area contributed by atoms with Gasteiger partial charge in [-0.25, -0.2) is 4.79 Å². The number of primary amides is 1. The van der Waals surface area contributed by atoms with Crippen LogP contribution in [0.3, 0.4) is 0 Å². The van der Waals surface area contributed by atoms with Crippen LogP contribution in [0.5, 0.6) is 5.75 Å². The maximum atomic E-state index is 10.2. The number of hydrogen-bond donors (Lipinski definition) is 1. The summed E-state index contributed by atoms with van der Waals surface area (Å²) in [6.45, 7) is 4.00. The molecule has 0 unspecified atom stereocenters. The summed E-state index contributed by atoms with van der Waals surface area (Å²) in [4.78, 5) is 10.2. The van der Waals surface area contributed by atoms with E-state index in [0.717, 1.165) is 5.92 Å². The minimum atomic E-state index is -0.786. The zero-order chi connectivity index (χ0) is 15.5. The topological polar surface area (TPSA) is 52.3 Å². The van der Waals surface area contributed by atoms with Crippen LogP contribution in [0.1, 0.15) is 38.2 Å². The van der Waals surface area contributed by atoms with Gasteiger partial charge in [0.15, 0.2) is 0 Å². The molecule has 3 nitrogen and oxygen atoms in total. The van der Waals surface area contributed by atoms with Gasteiger partial charge in [-0.3, -0.25) is 0 Å². The summed E-state index contributed by atoms with van der Waals surface area (Å²) in [5, 5.41) is 0. The van der Waals surface area contributed by atoms with E-state index >= 15 is 0 Å². The van der Waals surface area contributed by atoms with E-state index in [-0.39, 0.29) is 0 Å². The van der Waals surface area contributed by atoms with Gasteiger partial charge in [0.1, 0.15) is 5.75 Å². The van der Waals surface area contributed by atoms with Gasteiger partial charge in [-0.15, -0.1) is 0 Å². The maximum absolute atomic E-state index is 10.2. The zero-order valence-electron chi connectivity index (χ0n) is 12.7. The van der Waals surface area contributed by atoms with E-state index in [1.165, 1.54) is 18.4 Å². The molecule has 0 heterocycles. The van der Waals surface area contributed by atoms with Crippen molar-refractivity contribution in [1.29, 1.82) is 0 Å². The van der Waals surface area contributed by atoms with Gasteiger partial charge in [0.05, 0.1) is 0 Å². The third kappa shape index (κ3) is 7.16. The van der Waals surface area contributed by atoms with Gasteiger partial charge in [0.25, 0.3) is 0 Å². The number of hydrogen-bond acceptors (Lipinski definition) is 2. The van der Waals surface area contributed by atoms with Crippen molar-refractivity contribution < 1.29 is 9.53 Å². The van der Waals surface area contributed by atoms with E-state index in [9.17, 15) is 4.79 Å². The second kappa shape index (κ2) is 9.59. The average Bonchev–Trinajstić information content (AvgIpc) is 3.36. The van der Waals surface area contributed by atoms with E-state index < -0.39 is 6.09 Å². The summed E-state index contributed by atoms with van der Waals surface area (Å²) < 4.78 is 4.55. The molecule has 1 amide bonds. The lowest BCUT2D eigenvalue weighted by Gasteiger charge is -1.96. The van der Waals surface area contributed by atoms with Crippen LogP contribution in [0.4, 0.5) is 4.79 Å². The highest BCUT2D eigenvalue weighted by Crippen LogP contribution is 2.39. The summed E-state index contributed by atoms with van der Waals surface area (Å²) in [6.07, 6.45) is 2.03. The standard InChI is InChI=1S/C9H10.C7H7NO2.C2H6/c1-2-4-8(5-3-1)9-6-7-9;8-7(9)10-6-4-2-1-3-5-6;1-2/h1-5,9H,6-7H2;1-5H,(H2,8,9);1-2H3. The van der Waals surface area contributed by atoms with Crippen molar-refractivity contribution in [3.05, 3.63) is 66.2 Å². The quantitative estimate of drug-likeness (QED) is 0.866. The fourth-order valence-electron chi connectivity index (χ4n) is 1.75. The van der Waals surface area contributed by atoms with E-state index in [1.807, 2.05) is 19.9 Å². The summed E-state index contributed by atoms with van der Waals surface area (Å²) in [5.74, 6) is 1.38. The Kier molecular flexibility index (Phi) is 7.65. The first kappa shape index (κ1) is 16.8. The molecule has 2 N–H and O–H groups in total. The van der Waals surface area contributed by atoms with Crippen molar-refractivity contribution in [2.75, 3.05) is 0 Å². The minimum Gasteiger partial charge on any atom is -0.411 e. The fraction of sp³-hybridized carbons (Fsp3) is 0.278. The number of rotatable bonds is 2. The van der Waals surface area contributed by atoms with Crippen LogP contribution in [0.2, 0.25) is 0 Å². The Morgan fingerprint density at radius 1 is 0.952 bits per heavy atom. The van der Waals surface area contributed by atoms with E-state index in [1.54, 1.807) is 24.3 Å². The molecular weight excluding hydrogens is 262 g/mol. The van der Waals surface area contributed by atoms with Gasteiger partial charge >= 0.3 is 6.09 Å².